The molecule has 0 radical (unpaired) electrons. The molecule has 4 aromatic rings. The number of piperidine rings is 1. The van der Waals surface area contributed by atoms with Gasteiger partial charge in [-0.05, 0) is 97.8 Å². The van der Waals surface area contributed by atoms with Crippen LogP contribution in [-0.4, -0.2) is 78.2 Å². The van der Waals surface area contributed by atoms with Crippen LogP contribution in [0.1, 0.15) is 90.9 Å². The number of carbonyl (C=O) groups excluding carboxylic acids is 4. The first-order valence-corrected chi connectivity index (χ1v) is 22.4. The Kier molecular flexibility index (Phi) is 12.1. The smallest absolute Gasteiger partial charge is 0.255 e. The lowest BCUT2D eigenvalue weighted by atomic mass is 9.82. The fraction of sp³-hybridized carbons (Fsp3) is 0.391. The van der Waals surface area contributed by atoms with Crippen LogP contribution in [0.2, 0.25) is 0 Å². The Balaban J connectivity index is 0.814. The zero-order valence-corrected chi connectivity index (χ0v) is 34.5. The summed E-state index contributed by atoms with van der Waals surface area (Å²) in [6, 6.07) is 24.6. The van der Waals surface area contributed by atoms with E-state index in [0.717, 1.165) is 65.6 Å². The van der Waals surface area contributed by atoms with Gasteiger partial charge in [-0.2, -0.15) is 4.31 Å². The number of sulfonamides is 1. The molecule has 0 bridgehead atoms. The summed E-state index contributed by atoms with van der Waals surface area (Å²) in [6.45, 7) is 2.93. The van der Waals surface area contributed by atoms with E-state index in [1.807, 2.05) is 67.6 Å². The van der Waals surface area contributed by atoms with Crippen LogP contribution in [0.3, 0.4) is 0 Å². The SMILES string of the molecule is Cc1ccc(S(=O)(=O)N2CC[C@@H]3[C@H](CO)Nc4ccc(-c5cccc(NC(=O)CCCCCCCOc6cccc7c6CN(C6CCC(=O)NC6=O)C7=O)c5)cc4[C@@H]32)cc1. The number of aryl methyl sites for hydroxylation is 1. The summed E-state index contributed by atoms with van der Waals surface area (Å²) in [7, 11) is -3.79. The Morgan fingerprint density at radius 2 is 1.67 bits per heavy atom. The number of unbranched alkanes of at least 4 members (excludes halogenated alkanes) is 4. The van der Waals surface area contributed by atoms with Gasteiger partial charge in [0.25, 0.3) is 5.91 Å². The minimum atomic E-state index is -3.79. The summed E-state index contributed by atoms with van der Waals surface area (Å²) in [4.78, 5) is 51.9. The Labute approximate surface area is 350 Å². The number of amides is 4. The highest BCUT2D eigenvalue weighted by Crippen LogP contribution is 2.49. The molecule has 2 fully saturated rings. The Morgan fingerprint density at radius 3 is 2.47 bits per heavy atom. The van der Waals surface area contributed by atoms with Gasteiger partial charge in [-0.3, -0.25) is 24.5 Å². The highest BCUT2D eigenvalue weighted by Gasteiger charge is 2.48. The number of nitrogens with zero attached hydrogens (tertiary/aromatic N) is 2. The summed E-state index contributed by atoms with van der Waals surface area (Å²) >= 11 is 0. The predicted molar refractivity (Wildman–Crippen MR) is 227 cm³/mol. The molecule has 4 N–H and O–H groups in total. The van der Waals surface area contributed by atoms with E-state index in [1.54, 1.807) is 28.6 Å². The summed E-state index contributed by atoms with van der Waals surface area (Å²) in [5.74, 6) is -0.507. The number of fused-ring (bicyclic) bond motifs is 4. The maximum Gasteiger partial charge on any atom is 0.255 e. The van der Waals surface area contributed by atoms with Crippen molar-refractivity contribution in [3.63, 3.8) is 0 Å². The number of rotatable bonds is 15. The van der Waals surface area contributed by atoms with Crippen molar-refractivity contribution in [2.75, 3.05) is 30.4 Å². The van der Waals surface area contributed by atoms with Gasteiger partial charge in [0.2, 0.25) is 27.7 Å². The summed E-state index contributed by atoms with van der Waals surface area (Å²) in [6.07, 6.45) is 5.85. The molecule has 60 heavy (non-hydrogen) atoms. The van der Waals surface area contributed by atoms with Crippen LogP contribution in [0.5, 0.6) is 5.75 Å². The van der Waals surface area contributed by atoms with Gasteiger partial charge < -0.3 is 25.4 Å². The minimum absolute atomic E-state index is 0.0650. The molecule has 0 spiro atoms. The highest BCUT2D eigenvalue weighted by atomic mass is 32.2. The molecular formula is C46H51N5O8S. The minimum Gasteiger partial charge on any atom is -0.493 e. The number of anilines is 2. The lowest BCUT2D eigenvalue weighted by molar-refractivity contribution is -0.137. The second kappa shape index (κ2) is 17.6. The fourth-order valence-electron chi connectivity index (χ4n) is 9.11. The van der Waals surface area contributed by atoms with Crippen LogP contribution in [0.4, 0.5) is 11.4 Å². The molecule has 8 rings (SSSR count). The molecule has 2 saturated heterocycles. The second-order valence-electron chi connectivity index (χ2n) is 16.2. The number of aliphatic hydroxyl groups is 1. The number of aliphatic hydroxyl groups excluding tert-OH is 1. The summed E-state index contributed by atoms with van der Waals surface area (Å²) < 4.78 is 35.6. The van der Waals surface area contributed by atoms with Crippen LogP contribution in [-0.2, 0) is 31.0 Å². The first-order chi connectivity index (χ1) is 29.0. The third-order valence-electron chi connectivity index (χ3n) is 12.3. The molecule has 1 unspecified atom stereocenters. The van der Waals surface area contributed by atoms with Gasteiger partial charge in [0.1, 0.15) is 11.8 Å². The predicted octanol–water partition coefficient (Wildman–Crippen LogP) is 6.32. The average Bonchev–Trinajstić information content (AvgIpc) is 3.84. The molecule has 314 valence electrons. The van der Waals surface area contributed by atoms with E-state index >= 15 is 0 Å². The van der Waals surface area contributed by atoms with Crippen LogP contribution in [0, 0.1) is 12.8 Å². The number of nitrogens with one attached hydrogen (secondary N) is 3. The van der Waals surface area contributed by atoms with Crippen molar-refractivity contribution >= 4 is 45.0 Å². The third kappa shape index (κ3) is 8.41. The maximum atomic E-state index is 14.0. The fourth-order valence-corrected chi connectivity index (χ4v) is 10.8. The van der Waals surface area contributed by atoms with Crippen molar-refractivity contribution in [1.29, 1.82) is 0 Å². The van der Waals surface area contributed by atoms with Gasteiger partial charge in [-0.25, -0.2) is 8.42 Å². The van der Waals surface area contributed by atoms with Gasteiger partial charge in [0.05, 0.1) is 36.7 Å². The van der Waals surface area contributed by atoms with Gasteiger partial charge in [-0.15, -0.1) is 0 Å². The van der Waals surface area contributed by atoms with Crippen molar-refractivity contribution < 1.29 is 37.4 Å². The molecule has 0 saturated carbocycles. The molecule has 0 aromatic heterocycles. The average molecular weight is 834 g/mol. The Morgan fingerprint density at radius 1 is 0.900 bits per heavy atom. The van der Waals surface area contributed by atoms with Crippen LogP contribution in [0.25, 0.3) is 11.1 Å². The van der Waals surface area contributed by atoms with E-state index in [-0.39, 0.29) is 54.1 Å². The van der Waals surface area contributed by atoms with E-state index in [0.29, 0.717) is 49.4 Å². The molecule has 4 atom stereocenters. The van der Waals surface area contributed by atoms with Crippen molar-refractivity contribution in [3.05, 3.63) is 107 Å². The molecular weight excluding hydrogens is 783 g/mol. The normalized spacial score (nSPS) is 21.2. The van der Waals surface area contributed by atoms with E-state index in [4.69, 9.17) is 4.74 Å². The molecule has 4 amide bonds. The number of benzene rings is 4. The molecule has 4 aliphatic heterocycles. The molecule has 4 aromatic carbocycles. The van der Waals surface area contributed by atoms with Gasteiger partial charge in [-0.1, -0.05) is 61.2 Å². The standard InChI is InChI=1S/C46H51N5O8S/c1-29-14-17-33(18-15-29)60(57,58)51-23-22-35-39(28-52)48-38-19-16-31(26-36(38)44(35)51)30-9-7-10-32(25-30)47-42(53)13-5-3-2-4-6-24-59-41-12-8-11-34-37(41)27-50(46(34)56)40-20-21-43(54)49-45(40)55/h7-12,14-19,25-26,35,39-40,44,48,52H,2-6,13,20-24,27-28H2,1H3,(H,47,53)(H,49,54,55)/t35-,39+,40?,44-/m1/s1. The molecule has 4 aliphatic rings. The summed E-state index contributed by atoms with van der Waals surface area (Å²) in [5.41, 5.74) is 6.42. The van der Waals surface area contributed by atoms with E-state index in [1.165, 1.54) is 4.90 Å². The maximum absolute atomic E-state index is 14.0. The zero-order chi connectivity index (χ0) is 42.0. The van der Waals surface area contributed by atoms with E-state index < -0.39 is 28.0 Å². The lowest BCUT2D eigenvalue weighted by Gasteiger charge is -2.39. The zero-order valence-electron chi connectivity index (χ0n) is 33.7. The first kappa shape index (κ1) is 41.2. The largest absolute Gasteiger partial charge is 0.493 e. The number of carbonyl (C=O) groups is 4. The van der Waals surface area contributed by atoms with Crippen molar-refractivity contribution in [2.45, 2.75) is 94.3 Å². The third-order valence-corrected chi connectivity index (χ3v) is 14.2. The van der Waals surface area contributed by atoms with E-state index in [2.05, 4.69) is 16.0 Å². The number of hydrogen-bond acceptors (Lipinski definition) is 9. The highest BCUT2D eigenvalue weighted by molar-refractivity contribution is 7.89. The molecule has 0 aliphatic carbocycles. The van der Waals surface area contributed by atoms with Crippen LogP contribution >= 0.6 is 0 Å². The van der Waals surface area contributed by atoms with Crippen molar-refractivity contribution in [2.24, 2.45) is 5.92 Å². The number of imide groups is 1. The summed E-state index contributed by atoms with van der Waals surface area (Å²) in [5, 5.41) is 19.1. The van der Waals surface area contributed by atoms with Crippen LogP contribution < -0.4 is 20.7 Å². The van der Waals surface area contributed by atoms with E-state index in [9.17, 15) is 32.7 Å². The topological polar surface area (TPSA) is 174 Å². The monoisotopic (exact) mass is 833 g/mol. The second-order valence-corrected chi connectivity index (χ2v) is 18.1. The number of ether oxygens (including phenoxy) is 1. The van der Waals surface area contributed by atoms with Gasteiger partial charge in [0, 0.05) is 47.8 Å². The first-order valence-electron chi connectivity index (χ1n) is 20.9. The lowest BCUT2D eigenvalue weighted by Crippen LogP contribution is -2.52. The molecule has 13 nitrogen and oxygen atoms in total. The van der Waals surface area contributed by atoms with Gasteiger partial charge >= 0.3 is 0 Å². The van der Waals surface area contributed by atoms with Crippen LogP contribution in [0.15, 0.2) is 89.8 Å². The number of hydrogen-bond donors (Lipinski definition) is 4. The molecule has 4 heterocycles. The van der Waals surface area contributed by atoms with Crippen molar-refractivity contribution in [1.82, 2.24) is 14.5 Å². The quantitative estimate of drug-likeness (QED) is 0.0790. The van der Waals surface area contributed by atoms with Gasteiger partial charge in [0.15, 0.2) is 0 Å². The Hall–Kier alpha value is -5.57. The Bertz CT molecular complexity index is 2400. The molecule has 14 heteroatoms. The van der Waals surface area contributed by atoms with Crippen molar-refractivity contribution in [3.8, 4) is 16.9 Å².